The molecule has 2 heterocycles. The van der Waals surface area contributed by atoms with Crippen molar-refractivity contribution in [2.45, 2.75) is 56.4 Å². The third-order valence-electron chi connectivity index (χ3n) is 7.61. The summed E-state index contributed by atoms with van der Waals surface area (Å²) in [7, 11) is 3.36. The number of hydrogen-bond donors (Lipinski definition) is 0. The molecule has 1 saturated carbocycles. The number of hydrogen-bond acceptors (Lipinski definition) is 6. The maximum Gasteiger partial charge on any atom is 0.241 e. The molecule has 8 heteroatoms. The van der Waals surface area contributed by atoms with Gasteiger partial charge in [0.15, 0.2) is 0 Å². The van der Waals surface area contributed by atoms with Gasteiger partial charge < -0.3 is 14.4 Å². The minimum Gasteiger partial charge on any atom is -0.497 e. The third-order valence-corrected chi connectivity index (χ3v) is 7.61. The first-order valence-corrected chi connectivity index (χ1v) is 12.5. The summed E-state index contributed by atoms with van der Waals surface area (Å²) in [6.07, 6.45) is 4.62. The topological polar surface area (TPSA) is 79.4 Å². The van der Waals surface area contributed by atoms with Gasteiger partial charge in [0.05, 0.1) is 25.7 Å². The standard InChI is InChI=1S/C26H37N3O5/c1-27(11-6-12-28-13-15-34-16-14-28)23(30)18-26(20-7-5-10-22(17-20)33-2)19-24(31)29(25(26)32)21-8-3-4-9-21/h5,7,10,17,21H,3-4,6,8-9,11-16,18-19H2,1-2H3. The predicted octanol–water partition coefficient (Wildman–Crippen LogP) is 2.21. The summed E-state index contributed by atoms with van der Waals surface area (Å²) in [6, 6.07) is 7.23. The van der Waals surface area contributed by atoms with Crippen LogP contribution in [0.5, 0.6) is 5.75 Å². The monoisotopic (exact) mass is 471 g/mol. The maximum absolute atomic E-state index is 13.9. The van der Waals surface area contributed by atoms with Crippen LogP contribution < -0.4 is 4.74 Å². The number of amides is 3. The molecule has 0 spiro atoms. The van der Waals surface area contributed by atoms with Crippen molar-refractivity contribution in [1.29, 1.82) is 0 Å². The van der Waals surface area contributed by atoms with Gasteiger partial charge >= 0.3 is 0 Å². The summed E-state index contributed by atoms with van der Waals surface area (Å²) in [6.45, 7) is 4.87. The third kappa shape index (κ3) is 5.13. The molecule has 3 amide bonds. The van der Waals surface area contributed by atoms with Gasteiger partial charge in [-0.15, -0.1) is 0 Å². The van der Waals surface area contributed by atoms with Crippen LogP contribution in [0.1, 0.15) is 50.5 Å². The number of nitrogens with zero attached hydrogens (tertiary/aromatic N) is 3. The van der Waals surface area contributed by atoms with Crippen LogP contribution in [0.3, 0.4) is 0 Å². The first kappa shape index (κ1) is 24.7. The molecule has 0 N–H and O–H groups in total. The summed E-state index contributed by atoms with van der Waals surface area (Å²) < 4.78 is 10.8. The first-order valence-electron chi connectivity index (χ1n) is 12.5. The van der Waals surface area contributed by atoms with Crippen molar-refractivity contribution in [3.8, 4) is 5.75 Å². The molecule has 186 valence electrons. The van der Waals surface area contributed by atoms with E-state index in [1.54, 1.807) is 25.1 Å². The van der Waals surface area contributed by atoms with Gasteiger partial charge in [-0.1, -0.05) is 25.0 Å². The van der Waals surface area contributed by atoms with Crippen molar-refractivity contribution < 1.29 is 23.9 Å². The lowest BCUT2D eigenvalue weighted by molar-refractivity contribution is -0.144. The second-order valence-corrected chi connectivity index (χ2v) is 9.80. The molecule has 0 radical (unpaired) electrons. The number of morpholine rings is 1. The van der Waals surface area contributed by atoms with Crippen molar-refractivity contribution in [3.05, 3.63) is 29.8 Å². The highest BCUT2D eigenvalue weighted by Gasteiger charge is 2.55. The number of rotatable bonds is 9. The Kier molecular flexibility index (Phi) is 7.88. The van der Waals surface area contributed by atoms with Crippen molar-refractivity contribution >= 4 is 17.7 Å². The van der Waals surface area contributed by atoms with Gasteiger partial charge in [-0.25, -0.2) is 0 Å². The summed E-state index contributed by atoms with van der Waals surface area (Å²) in [5, 5.41) is 0. The number of ether oxygens (including phenoxy) is 2. The van der Waals surface area contributed by atoms with Gasteiger partial charge in [0.25, 0.3) is 0 Å². The molecule has 4 rings (SSSR count). The quantitative estimate of drug-likeness (QED) is 0.514. The van der Waals surface area contributed by atoms with Gasteiger partial charge in [-0.3, -0.25) is 24.2 Å². The van der Waals surface area contributed by atoms with Crippen LogP contribution in [0.25, 0.3) is 0 Å². The van der Waals surface area contributed by atoms with Crippen LogP contribution in [0.2, 0.25) is 0 Å². The highest BCUT2D eigenvalue weighted by molar-refractivity contribution is 6.11. The predicted molar refractivity (Wildman–Crippen MR) is 128 cm³/mol. The zero-order valence-electron chi connectivity index (χ0n) is 20.5. The summed E-state index contributed by atoms with van der Waals surface area (Å²) >= 11 is 0. The fourth-order valence-electron chi connectivity index (χ4n) is 5.56. The maximum atomic E-state index is 13.9. The normalized spacial score (nSPS) is 24.1. The van der Waals surface area contributed by atoms with E-state index in [9.17, 15) is 14.4 Å². The summed E-state index contributed by atoms with van der Waals surface area (Å²) in [5.74, 6) is 0.109. The minimum absolute atomic E-state index is 0.0119. The Labute approximate surface area is 202 Å². The molecule has 34 heavy (non-hydrogen) atoms. The second kappa shape index (κ2) is 10.9. The summed E-state index contributed by atoms with van der Waals surface area (Å²) in [5.41, 5.74) is -0.496. The van der Waals surface area contributed by atoms with Gasteiger partial charge in [-0.05, 0) is 37.0 Å². The minimum atomic E-state index is -1.18. The molecule has 2 aliphatic heterocycles. The lowest BCUT2D eigenvalue weighted by Crippen LogP contribution is -2.45. The largest absolute Gasteiger partial charge is 0.497 e. The lowest BCUT2D eigenvalue weighted by atomic mass is 9.75. The number of carbonyl (C=O) groups excluding carboxylic acids is 3. The molecule has 3 aliphatic rings. The molecule has 3 fully saturated rings. The van der Waals surface area contributed by atoms with Crippen molar-refractivity contribution in [3.63, 3.8) is 0 Å². The van der Waals surface area contributed by atoms with E-state index in [2.05, 4.69) is 4.90 Å². The Balaban J connectivity index is 1.51. The molecule has 1 aromatic carbocycles. The molecule has 2 saturated heterocycles. The van der Waals surface area contributed by atoms with Crippen LogP contribution in [0.15, 0.2) is 24.3 Å². The van der Waals surface area contributed by atoms with E-state index in [-0.39, 0.29) is 36.6 Å². The van der Waals surface area contributed by atoms with E-state index in [1.807, 2.05) is 18.2 Å². The Bertz CT molecular complexity index is 894. The molecule has 0 aromatic heterocycles. The van der Waals surface area contributed by atoms with Crippen LogP contribution in [-0.4, -0.2) is 92.0 Å². The van der Waals surface area contributed by atoms with Gasteiger partial charge in [0, 0.05) is 52.1 Å². The van der Waals surface area contributed by atoms with Gasteiger partial charge in [0.2, 0.25) is 17.7 Å². The van der Waals surface area contributed by atoms with E-state index in [0.29, 0.717) is 17.9 Å². The Morgan fingerprint density at radius 3 is 2.65 bits per heavy atom. The van der Waals surface area contributed by atoms with E-state index < -0.39 is 5.41 Å². The fourth-order valence-corrected chi connectivity index (χ4v) is 5.56. The van der Waals surface area contributed by atoms with Crippen molar-refractivity contribution in [2.75, 3.05) is 53.6 Å². The Morgan fingerprint density at radius 2 is 1.94 bits per heavy atom. The Hall–Kier alpha value is -2.45. The zero-order chi connectivity index (χ0) is 24.1. The van der Waals surface area contributed by atoms with Crippen molar-refractivity contribution in [1.82, 2.24) is 14.7 Å². The Morgan fingerprint density at radius 1 is 1.21 bits per heavy atom. The van der Waals surface area contributed by atoms with Gasteiger partial charge in [0.1, 0.15) is 5.75 Å². The highest BCUT2D eigenvalue weighted by atomic mass is 16.5. The van der Waals surface area contributed by atoms with Crippen LogP contribution in [-0.2, 0) is 24.5 Å². The number of likely N-dealkylation sites (tertiary alicyclic amines) is 1. The van der Waals surface area contributed by atoms with Crippen LogP contribution in [0, 0.1) is 0 Å². The van der Waals surface area contributed by atoms with E-state index in [1.165, 1.54) is 4.90 Å². The average Bonchev–Trinajstić information content (AvgIpc) is 3.46. The number of carbonyl (C=O) groups is 3. The molecule has 1 aromatic rings. The van der Waals surface area contributed by atoms with Crippen molar-refractivity contribution in [2.24, 2.45) is 0 Å². The molecule has 1 atom stereocenters. The smallest absolute Gasteiger partial charge is 0.241 e. The first-order chi connectivity index (χ1) is 16.4. The van der Waals surface area contributed by atoms with E-state index in [4.69, 9.17) is 9.47 Å². The lowest BCUT2D eigenvalue weighted by Gasteiger charge is -2.31. The van der Waals surface area contributed by atoms with Crippen LogP contribution >= 0.6 is 0 Å². The highest BCUT2D eigenvalue weighted by Crippen LogP contribution is 2.43. The molecular formula is C26H37N3O5. The molecule has 0 bridgehead atoms. The molecular weight excluding hydrogens is 434 g/mol. The second-order valence-electron chi connectivity index (χ2n) is 9.80. The summed E-state index contributed by atoms with van der Waals surface area (Å²) in [4.78, 5) is 45.9. The van der Waals surface area contributed by atoms with Crippen LogP contribution in [0.4, 0.5) is 0 Å². The molecule has 8 nitrogen and oxygen atoms in total. The number of imide groups is 1. The molecule has 1 unspecified atom stereocenters. The average molecular weight is 472 g/mol. The zero-order valence-corrected chi connectivity index (χ0v) is 20.5. The fraction of sp³-hybridized carbons (Fsp3) is 0.654. The number of methoxy groups -OCH3 is 1. The van der Waals surface area contributed by atoms with Gasteiger partial charge in [-0.2, -0.15) is 0 Å². The van der Waals surface area contributed by atoms with E-state index in [0.717, 1.165) is 65.0 Å². The SMILES string of the molecule is COc1cccc(C2(CC(=O)N(C)CCCN3CCOCC3)CC(=O)N(C3CCCC3)C2=O)c1. The number of benzene rings is 1. The van der Waals surface area contributed by atoms with E-state index >= 15 is 0 Å². The molecule has 1 aliphatic carbocycles.